The third-order valence-electron chi connectivity index (χ3n) is 2.98. The predicted molar refractivity (Wildman–Crippen MR) is 69.6 cm³/mol. The number of carbonyl (C=O) groups is 1. The lowest BCUT2D eigenvalue weighted by Crippen LogP contribution is -2.34. The summed E-state index contributed by atoms with van der Waals surface area (Å²) in [6.45, 7) is 1.34. The van der Waals surface area contributed by atoms with Crippen LogP contribution in [0.4, 0.5) is 5.69 Å². The first kappa shape index (κ1) is 13.1. The number of anilines is 1. The Morgan fingerprint density at radius 2 is 2.50 bits per heavy atom. The number of aromatic nitrogens is 1. The zero-order chi connectivity index (χ0) is 13.1. The number of rotatable bonds is 3. The first-order valence-corrected chi connectivity index (χ1v) is 6.24. The fourth-order valence-electron chi connectivity index (χ4n) is 2.01. The van der Waals surface area contributed by atoms with Crippen molar-refractivity contribution in [1.29, 1.82) is 0 Å². The SMILES string of the molecule is CN(CC1CCCO1)C(=O)c1cc(Cl)ncc1N. The third-order valence-corrected chi connectivity index (χ3v) is 3.19. The minimum absolute atomic E-state index is 0.123. The van der Waals surface area contributed by atoms with Crippen molar-refractivity contribution in [3.63, 3.8) is 0 Å². The molecule has 2 N–H and O–H groups in total. The third kappa shape index (κ3) is 2.91. The molecule has 1 aromatic heterocycles. The average molecular weight is 270 g/mol. The number of ether oxygens (including phenoxy) is 1. The number of amides is 1. The monoisotopic (exact) mass is 269 g/mol. The summed E-state index contributed by atoms with van der Waals surface area (Å²) in [4.78, 5) is 17.6. The number of nitrogens with two attached hydrogens (primary N) is 1. The molecule has 1 aliphatic rings. The fraction of sp³-hybridized carbons (Fsp3) is 0.500. The lowest BCUT2D eigenvalue weighted by molar-refractivity contribution is 0.0588. The summed E-state index contributed by atoms with van der Waals surface area (Å²) in [6, 6.07) is 1.49. The van der Waals surface area contributed by atoms with Gasteiger partial charge in [-0.2, -0.15) is 0 Å². The summed E-state index contributed by atoms with van der Waals surface area (Å²) in [5.41, 5.74) is 6.46. The highest BCUT2D eigenvalue weighted by Crippen LogP contribution is 2.18. The Kier molecular flexibility index (Phi) is 4.04. The van der Waals surface area contributed by atoms with Crippen molar-refractivity contribution >= 4 is 23.2 Å². The zero-order valence-corrected chi connectivity index (χ0v) is 11.0. The van der Waals surface area contributed by atoms with Gasteiger partial charge in [-0.3, -0.25) is 4.79 Å². The summed E-state index contributed by atoms with van der Waals surface area (Å²) in [7, 11) is 1.73. The molecule has 2 heterocycles. The number of nitrogens with zero attached hydrogens (tertiary/aromatic N) is 2. The van der Waals surface area contributed by atoms with E-state index in [1.807, 2.05) is 0 Å². The number of pyridine rings is 1. The predicted octanol–water partition coefficient (Wildman–Crippen LogP) is 1.57. The highest BCUT2D eigenvalue weighted by atomic mass is 35.5. The van der Waals surface area contributed by atoms with Crippen LogP contribution in [0.15, 0.2) is 12.3 Å². The zero-order valence-electron chi connectivity index (χ0n) is 10.2. The second kappa shape index (κ2) is 5.54. The molecule has 1 atom stereocenters. The van der Waals surface area contributed by atoms with Gasteiger partial charge in [0.2, 0.25) is 0 Å². The summed E-state index contributed by atoms with van der Waals surface area (Å²) < 4.78 is 5.50. The number of carbonyl (C=O) groups excluding carboxylic acids is 1. The molecule has 0 bridgehead atoms. The van der Waals surface area contributed by atoms with Crippen LogP contribution in [0.3, 0.4) is 0 Å². The van der Waals surface area contributed by atoms with Gasteiger partial charge in [0.25, 0.3) is 5.91 Å². The number of hydrogen-bond acceptors (Lipinski definition) is 4. The molecule has 0 saturated carbocycles. The quantitative estimate of drug-likeness (QED) is 0.846. The maximum atomic E-state index is 12.2. The van der Waals surface area contributed by atoms with Crippen LogP contribution in [-0.4, -0.2) is 42.1 Å². The van der Waals surface area contributed by atoms with Gasteiger partial charge in [0, 0.05) is 20.2 Å². The minimum atomic E-state index is -0.160. The molecule has 0 aromatic carbocycles. The topological polar surface area (TPSA) is 68.5 Å². The maximum absolute atomic E-state index is 12.2. The smallest absolute Gasteiger partial charge is 0.255 e. The summed E-state index contributed by atoms with van der Waals surface area (Å²) in [5, 5.41) is 0.262. The van der Waals surface area contributed by atoms with Gasteiger partial charge in [-0.15, -0.1) is 0 Å². The molecule has 18 heavy (non-hydrogen) atoms. The molecule has 0 aliphatic carbocycles. The Hall–Kier alpha value is -1.33. The van der Waals surface area contributed by atoms with E-state index in [-0.39, 0.29) is 17.2 Å². The molecule has 0 spiro atoms. The molecule has 6 heteroatoms. The van der Waals surface area contributed by atoms with E-state index in [1.54, 1.807) is 11.9 Å². The molecule has 5 nitrogen and oxygen atoms in total. The summed E-state index contributed by atoms with van der Waals surface area (Å²) in [5.74, 6) is -0.160. The molecule has 98 valence electrons. The minimum Gasteiger partial charge on any atom is -0.397 e. The van der Waals surface area contributed by atoms with Crippen molar-refractivity contribution in [3.8, 4) is 0 Å². The van der Waals surface area contributed by atoms with Crippen molar-refractivity contribution in [3.05, 3.63) is 23.0 Å². The lowest BCUT2D eigenvalue weighted by Gasteiger charge is -2.21. The normalized spacial score (nSPS) is 18.9. The van der Waals surface area contributed by atoms with Crippen LogP contribution in [0, 0.1) is 0 Å². The van der Waals surface area contributed by atoms with Crippen molar-refractivity contribution in [2.75, 3.05) is 25.9 Å². The number of likely N-dealkylation sites (N-methyl/N-ethyl adjacent to an activating group) is 1. The van der Waals surface area contributed by atoms with Crippen molar-refractivity contribution in [2.24, 2.45) is 0 Å². The van der Waals surface area contributed by atoms with E-state index in [4.69, 9.17) is 22.1 Å². The molecule has 1 aromatic rings. The van der Waals surface area contributed by atoms with Gasteiger partial charge in [0.05, 0.1) is 23.6 Å². The van der Waals surface area contributed by atoms with Crippen LogP contribution < -0.4 is 5.73 Å². The average Bonchev–Trinajstić information content (AvgIpc) is 2.84. The molecular formula is C12H16ClN3O2. The highest BCUT2D eigenvalue weighted by Gasteiger charge is 2.22. The second-order valence-electron chi connectivity index (χ2n) is 4.41. The Morgan fingerprint density at radius 1 is 1.72 bits per heavy atom. The number of halogens is 1. The number of nitrogen functional groups attached to an aromatic ring is 1. The van der Waals surface area contributed by atoms with E-state index in [2.05, 4.69) is 4.98 Å². The van der Waals surface area contributed by atoms with Crippen molar-refractivity contribution < 1.29 is 9.53 Å². The van der Waals surface area contributed by atoms with Gasteiger partial charge < -0.3 is 15.4 Å². The standard InChI is InChI=1S/C12H16ClN3O2/c1-16(7-8-3-2-4-18-8)12(17)9-5-11(13)15-6-10(9)14/h5-6,8H,2-4,7,14H2,1H3. The molecule has 1 fully saturated rings. The fourth-order valence-corrected chi connectivity index (χ4v) is 2.17. The molecular weight excluding hydrogens is 254 g/mol. The van der Waals surface area contributed by atoms with Crippen LogP contribution in [0.5, 0.6) is 0 Å². The van der Waals surface area contributed by atoms with E-state index in [0.29, 0.717) is 17.8 Å². The van der Waals surface area contributed by atoms with E-state index < -0.39 is 0 Å². The van der Waals surface area contributed by atoms with E-state index in [0.717, 1.165) is 19.4 Å². The highest BCUT2D eigenvalue weighted by molar-refractivity contribution is 6.29. The molecule has 1 unspecified atom stereocenters. The Balaban J connectivity index is 2.07. The first-order chi connectivity index (χ1) is 8.58. The summed E-state index contributed by atoms with van der Waals surface area (Å²) in [6.07, 6.45) is 3.56. The van der Waals surface area contributed by atoms with E-state index in [1.165, 1.54) is 12.3 Å². The second-order valence-corrected chi connectivity index (χ2v) is 4.80. The molecule has 1 amide bonds. The molecule has 1 saturated heterocycles. The van der Waals surface area contributed by atoms with E-state index in [9.17, 15) is 4.79 Å². The van der Waals surface area contributed by atoms with Gasteiger partial charge in [-0.25, -0.2) is 4.98 Å². The first-order valence-electron chi connectivity index (χ1n) is 5.86. The van der Waals surface area contributed by atoms with Crippen LogP contribution in [0.2, 0.25) is 5.15 Å². The lowest BCUT2D eigenvalue weighted by atomic mass is 10.2. The van der Waals surface area contributed by atoms with Gasteiger partial charge in [0.1, 0.15) is 5.15 Å². The maximum Gasteiger partial charge on any atom is 0.255 e. The Morgan fingerprint density at radius 3 is 3.17 bits per heavy atom. The van der Waals surface area contributed by atoms with Crippen LogP contribution in [-0.2, 0) is 4.74 Å². The van der Waals surface area contributed by atoms with Crippen molar-refractivity contribution in [1.82, 2.24) is 9.88 Å². The van der Waals surface area contributed by atoms with Gasteiger partial charge in [-0.05, 0) is 18.9 Å². The Bertz CT molecular complexity index is 447. The Labute approximate surface area is 111 Å². The van der Waals surface area contributed by atoms with E-state index >= 15 is 0 Å². The van der Waals surface area contributed by atoms with Gasteiger partial charge in [-0.1, -0.05) is 11.6 Å². The van der Waals surface area contributed by atoms with Gasteiger partial charge >= 0.3 is 0 Å². The molecule has 0 radical (unpaired) electrons. The largest absolute Gasteiger partial charge is 0.397 e. The number of hydrogen-bond donors (Lipinski definition) is 1. The van der Waals surface area contributed by atoms with Crippen LogP contribution in [0.1, 0.15) is 23.2 Å². The van der Waals surface area contributed by atoms with Crippen LogP contribution in [0.25, 0.3) is 0 Å². The van der Waals surface area contributed by atoms with Gasteiger partial charge in [0.15, 0.2) is 0 Å². The molecule has 1 aliphatic heterocycles. The van der Waals surface area contributed by atoms with Crippen LogP contribution >= 0.6 is 11.6 Å². The van der Waals surface area contributed by atoms with Crippen molar-refractivity contribution in [2.45, 2.75) is 18.9 Å². The molecule has 2 rings (SSSR count). The summed E-state index contributed by atoms with van der Waals surface area (Å²) >= 11 is 5.77.